The topological polar surface area (TPSA) is 53.6 Å². The molecule has 128 valence electrons. The number of ether oxygens (including phenoxy) is 1. The van der Waals surface area contributed by atoms with E-state index in [0.717, 1.165) is 44.9 Å². The smallest absolute Gasteiger partial charge is 0.410 e. The van der Waals surface area contributed by atoms with Crippen LogP contribution in [0.5, 0.6) is 0 Å². The first-order valence-electron chi connectivity index (χ1n) is 8.80. The molecule has 2 unspecified atom stereocenters. The Kier molecular flexibility index (Phi) is 6.09. The van der Waals surface area contributed by atoms with E-state index in [1.54, 1.807) is 0 Å². The molecule has 5 heteroatoms. The summed E-state index contributed by atoms with van der Waals surface area (Å²) < 4.78 is 5.54. The maximum absolute atomic E-state index is 12.3. The summed E-state index contributed by atoms with van der Waals surface area (Å²) in [5.74, 6) is 0.769. The van der Waals surface area contributed by atoms with E-state index in [2.05, 4.69) is 17.6 Å². The predicted octanol–water partition coefficient (Wildman–Crippen LogP) is 2.36. The quantitative estimate of drug-likeness (QED) is 0.840. The highest BCUT2D eigenvalue weighted by atomic mass is 16.6. The molecule has 0 saturated carbocycles. The van der Waals surface area contributed by atoms with Crippen molar-refractivity contribution in [3.05, 3.63) is 0 Å². The second-order valence-corrected chi connectivity index (χ2v) is 7.76. The number of hydrogen-bond acceptors (Lipinski definition) is 4. The largest absolute Gasteiger partial charge is 0.444 e. The third-order valence-corrected chi connectivity index (χ3v) is 4.74. The van der Waals surface area contributed by atoms with Crippen molar-refractivity contribution in [3.8, 4) is 0 Å². The van der Waals surface area contributed by atoms with Crippen LogP contribution in [0.4, 0.5) is 4.79 Å². The molecule has 0 bridgehead atoms. The van der Waals surface area contributed by atoms with Crippen LogP contribution < -0.4 is 10.6 Å². The Labute approximate surface area is 135 Å². The summed E-state index contributed by atoms with van der Waals surface area (Å²) in [5.41, 5.74) is -0.424. The lowest BCUT2D eigenvalue weighted by molar-refractivity contribution is 0.00680. The number of nitrogens with one attached hydrogen (secondary N) is 2. The van der Waals surface area contributed by atoms with Crippen LogP contribution in [0.2, 0.25) is 0 Å². The molecule has 0 aromatic carbocycles. The second-order valence-electron chi connectivity index (χ2n) is 7.76. The second kappa shape index (κ2) is 7.64. The Morgan fingerprint density at radius 2 is 1.95 bits per heavy atom. The van der Waals surface area contributed by atoms with E-state index < -0.39 is 5.60 Å². The van der Waals surface area contributed by atoms with Gasteiger partial charge in [0.15, 0.2) is 0 Å². The highest BCUT2D eigenvalue weighted by molar-refractivity contribution is 5.68. The number of amides is 1. The van der Waals surface area contributed by atoms with Gasteiger partial charge in [-0.25, -0.2) is 4.79 Å². The lowest BCUT2D eigenvalue weighted by atomic mass is 9.94. The highest BCUT2D eigenvalue weighted by Gasteiger charge is 2.33. The average molecular weight is 311 g/mol. The number of rotatable bonds is 3. The standard InChI is InChI=1S/C17H33N3O2/c1-13-15(19-12-14-7-9-18-10-8-14)6-5-11-20(13)16(21)22-17(2,3)4/h13-15,18-19H,5-12H2,1-4H3. The predicted molar refractivity (Wildman–Crippen MR) is 89.0 cm³/mol. The van der Waals surface area contributed by atoms with E-state index in [1.807, 2.05) is 25.7 Å². The molecule has 2 N–H and O–H groups in total. The van der Waals surface area contributed by atoms with Gasteiger partial charge in [0.25, 0.3) is 0 Å². The Hall–Kier alpha value is -0.810. The fourth-order valence-corrected chi connectivity index (χ4v) is 3.40. The first kappa shape index (κ1) is 17.5. The molecule has 2 rings (SSSR count). The summed E-state index contributed by atoms with van der Waals surface area (Å²) in [6, 6.07) is 0.585. The molecule has 2 saturated heterocycles. The molecule has 0 aromatic heterocycles. The van der Waals surface area contributed by atoms with Crippen LogP contribution in [0.25, 0.3) is 0 Å². The maximum Gasteiger partial charge on any atom is 0.410 e. The number of carbonyl (C=O) groups excluding carboxylic acids is 1. The summed E-state index contributed by atoms with van der Waals surface area (Å²) in [5, 5.41) is 7.12. The van der Waals surface area contributed by atoms with Crippen LogP contribution in [0.1, 0.15) is 53.4 Å². The highest BCUT2D eigenvalue weighted by Crippen LogP contribution is 2.21. The first-order valence-corrected chi connectivity index (χ1v) is 8.80. The van der Waals surface area contributed by atoms with Crippen molar-refractivity contribution in [3.63, 3.8) is 0 Å². The lowest BCUT2D eigenvalue weighted by Crippen LogP contribution is -2.56. The zero-order valence-corrected chi connectivity index (χ0v) is 14.7. The van der Waals surface area contributed by atoms with Gasteiger partial charge in [0.05, 0.1) is 0 Å². The molecule has 0 aromatic rings. The minimum absolute atomic E-state index is 0.173. The van der Waals surface area contributed by atoms with E-state index in [9.17, 15) is 4.79 Å². The molecule has 2 atom stereocenters. The van der Waals surface area contributed by atoms with Gasteiger partial charge in [-0.3, -0.25) is 0 Å². The number of likely N-dealkylation sites (tertiary alicyclic amines) is 1. The lowest BCUT2D eigenvalue weighted by Gasteiger charge is -2.41. The maximum atomic E-state index is 12.3. The van der Waals surface area contributed by atoms with Crippen LogP contribution in [0.15, 0.2) is 0 Å². The van der Waals surface area contributed by atoms with E-state index in [0.29, 0.717) is 6.04 Å². The van der Waals surface area contributed by atoms with Crippen LogP contribution in [0.3, 0.4) is 0 Å². The van der Waals surface area contributed by atoms with Crippen molar-refractivity contribution in [2.45, 2.75) is 71.1 Å². The Balaban J connectivity index is 1.83. The van der Waals surface area contributed by atoms with Crippen molar-refractivity contribution in [2.24, 2.45) is 5.92 Å². The van der Waals surface area contributed by atoms with E-state index in [4.69, 9.17) is 4.74 Å². The van der Waals surface area contributed by atoms with Crippen molar-refractivity contribution < 1.29 is 9.53 Å². The molecule has 2 aliphatic heterocycles. The number of nitrogens with zero attached hydrogens (tertiary/aromatic N) is 1. The molecule has 5 nitrogen and oxygen atoms in total. The van der Waals surface area contributed by atoms with Gasteiger partial charge >= 0.3 is 6.09 Å². The third-order valence-electron chi connectivity index (χ3n) is 4.74. The van der Waals surface area contributed by atoms with Gasteiger partial charge in [0, 0.05) is 18.6 Å². The van der Waals surface area contributed by atoms with Crippen LogP contribution >= 0.6 is 0 Å². The minimum atomic E-state index is -0.424. The van der Waals surface area contributed by atoms with Gasteiger partial charge in [0.1, 0.15) is 5.60 Å². The average Bonchev–Trinajstić information content (AvgIpc) is 2.45. The van der Waals surface area contributed by atoms with E-state index >= 15 is 0 Å². The Morgan fingerprint density at radius 3 is 2.59 bits per heavy atom. The fraction of sp³-hybridized carbons (Fsp3) is 0.941. The molecule has 2 aliphatic rings. The zero-order valence-electron chi connectivity index (χ0n) is 14.7. The summed E-state index contributed by atoms with van der Waals surface area (Å²) in [6.45, 7) is 12.1. The molecule has 1 amide bonds. The normalized spacial score (nSPS) is 27.7. The summed E-state index contributed by atoms with van der Waals surface area (Å²) >= 11 is 0. The van der Waals surface area contributed by atoms with Crippen LogP contribution in [-0.4, -0.2) is 54.9 Å². The van der Waals surface area contributed by atoms with Crippen molar-refractivity contribution >= 4 is 6.09 Å². The minimum Gasteiger partial charge on any atom is -0.444 e. The van der Waals surface area contributed by atoms with Crippen molar-refractivity contribution in [1.29, 1.82) is 0 Å². The monoisotopic (exact) mass is 311 g/mol. The summed E-state index contributed by atoms with van der Waals surface area (Å²) in [6.07, 6.45) is 4.53. The van der Waals surface area contributed by atoms with Crippen molar-refractivity contribution in [2.75, 3.05) is 26.2 Å². The van der Waals surface area contributed by atoms with Gasteiger partial charge in [-0.05, 0) is 78.9 Å². The SMILES string of the molecule is CC1C(NCC2CCNCC2)CCCN1C(=O)OC(C)(C)C. The van der Waals surface area contributed by atoms with Crippen molar-refractivity contribution in [1.82, 2.24) is 15.5 Å². The summed E-state index contributed by atoms with van der Waals surface area (Å²) in [4.78, 5) is 14.2. The van der Waals surface area contributed by atoms with Gasteiger partial charge < -0.3 is 20.3 Å². The molecule has 0 radical (unpaired) electrons. The molecule has 0 aliphatic carbocycles. The third kappa shape index (κ3) is 5.13. The summed E-state index contributed by atoms with van der Waals surface area (Å²) in [7, 11) is 0. The molecule has 22 heavy (non-hydrogen) atoms. The Morgan fingerprint density at radius 1 is 1.27 bits per heavy atom. The number of hydrogen-bond donors (Lipinski definition) is 2. The number of carbonyl (C=O) groups is 1. The van der Waals surface area contributed by atoms with E-state index in [1.165, 1.54) is 12.8 Å². The van der Waals surface area contributed by atoms with Gasteiger partial charge in [-0.15, -0.1) is 0 Å². The van der Waals surface area contributed by atoms with Gasteiger partial charge in [-0.1, -0.05) is 0 Å². The molecule has 0 spiro atoms. The molecular weight excluding hydrogens is 278 g/mol. The fourth-order valence-electron chi connectivity index (χ4n) is 3.40. The zero-order chi connectivity index (χ0) is 16.2. The van der Waals surface area contributed by atoms with Crippen LogP contribution in [-0.2, 0) is 4.74 Å². The molecular formula is C17H33N3O2. The van der Waals surface area contributed by atoms with Crippen LogP contribution in [0, 0.1) is 5.92 Å². The first-order chi connectivity index (χ1) is 10.4. The number of piperidine rings is 2. The molecule has 2 fully saturated rings. The Bertz CT molecular complexity index is 361. The van der Waals surface area contributed by atoms with Gasteiger partial charge in [0.2, 0.25) is 0 Å². The molecule has 2 heterocycles. The van der Waals surface area contributed by atoms with E-state index in [-0.39, 0.29) is 12.1 Å². The van der Waals surface area contributed by atoms with Gasteiger partial charge in [-0.2, -0.15) is 0 Å².